The van der Waals surface area contributed by atoms with Crippen molar-refractivity contribution in [3.05, 3.63) is 40.8 Å². The minimum absolute atomic E-state index is 0.151. The maximum absolute atomic E-state index is 11.6. The highest BCUT2D eigenvalue weighted by molar-refractivity contribution is 5.81. The summed E-state index contributed by atoms with van der Waals surface area (Å²) in [6, 6.07) is 7.78. The first-order valence-corrected chi connectivity index (χ1v) is 5.10. The van der Waals surface area contributed by atoms with Gasteiger partial charge in [0, 0.05) is 5.39 Å². The predicted molar refractivity (Wildman–Crippen MR) is 63.2 cm³/mol. The SMILES string of the molecule is C[C@H](Nc1cc2ccccc2oc1=O)C(=O)O. The number of rotatable bonds is 3. The van der Waals surface area contributed by atoms with Crippen molar-refractivity contribution in [3.8, 4) is 0 Å². The van der Waals surface area contributed by atoms with Crippen molar-refractivity contribution in [2.45, 2.75) is 13.0 Å². The van der Waals surface area contributed by atoms with Crippen LogP contribution in [0.25, 0.3) is 11.0 Å². The van der Waals surface area contributed by atoms with Crippen LogP contribution in [0.1, 0.15) is 6.92 Å². The fourth-order valence-corrected chi connectivity index (χ4v) is 1.46. The zero-order valence-corrected chi connectivity index (χ0v) is 9.14. The summed E-state index contributed by atoms with van der Waals surface area (Å²) < 4.78 is 5.06. The topological polar surface area (TPSA) is 79.5 Å². The van der Waals surface area contributed by atoms with E-state index in [4.69, 9.17) is 9.52 Å². The zero-order chi connectivity index (χ0) is 12.4. The maximum Gasteiger partial charge on any atom is 0.359 e. The molecule has 0 saturated carbocycles. The average molecular weight is 233 g/mol. The van der Waals surface area contributed by atoms with Gasteiger partial charge >= 0.3 is 11.6 Å². The summed E-state index contributed by atoms with van der Waals surface area (Å²) >= 11 is 0. The molecule has 0 amide bonds. The van der Waals surface area contributed by atoms with E-state index in [0.717, 1.165) is 5.39 Å². The Morgan fingerprint density at radius 1 is 1.41 bits per heavy atom. The zero-order valence-electron chi connectivity index (χ0n) is 9.14. The standard InChI is InChI=1S/C12H11NO4/c1-7(11(14)15)13-9-6-8-4-2-3-5-10(8)17-12(9)16/h2-7,13H,1H3,(H,14,15)/t7-/m0/s1. The Morgan fingerprint density at radius 2 is 2.12 bits per heavy atom. The fourth-order valence-electron chi connectivity index (χ4n) is 1.46. The molecule has 2 aromatic rings. The lowest BCUT2D eigenvalue weighted by Gasteiger charge is -2.09. The lowest BCUT2D eigenvalue weighted by Crippen LogP contribution is -2.27. The molecule has 0 unspecified atom stereocenters. The number of nitrogens with one attached hydrogen (secondary N) is 1. The van der Waals surface area contributed by atoms with E-state index in [0.29, 0.717) is 5.58 Å². The van der Waals surface area contributed by atoms with Crippen LogP contribution in [0.3, 0.4) is 0 Å². The van der Waals surface area contributed by atoms with Gasteiger partial charge < -0.3 is 14.8 Å². The summed E-state index contributed by atoms with van der Waals surface area (Å²) in [5.41, 5.74) is 0.0569. The monoisotopic (exact) mass is 233 g/mol. The molecule has 0 radical (unpaired) electrons. The number of para-hydroxylation sites is 1. The Labute approximate surface area is 96.7 Å². The number of carbonyl (C=O) groups is 1. The van der Waals surface area contributed by atoms with E-state index in [2.05, 4.69) is 5.32 Å². The van der Waals surface area contributed by atoms with E-state index in [9.17, 15) is 9.59 Å². The number of hydrogen-bond donors (Lipinski definition) is 2. The lowest BCUT2D eigenvalue weighted by atomic mass is 10.2. The lowest BCUT2D eigenvalue weighted by molar-refractivity contribution is -0.137. The summed E-state index contributed by atoms with van der Waals surface area (Å²) in [6.07, 6.45) is 0. The molecule has 5 nitrogen and oxygen atoms in total. The smallest absolute Gasteiger partial charge is 0.359 e. The van der Waals surface area contributed by atoms with E-state index in [1.54, 1.807) is 24.3 Å². The molecule has 5 heteroatoms. The second-order valence-corrected chi connectivity index (χ2v) is 3.69. The third-order valence-corrected chi connectivity index (χ3v) is 2.38. The molecule has 1 aromatic heterocycles. The van der Waals surface area contributed by atoms with Gasteiger partial charge in [-0.2, -0.15) is 0 Å². The number of aliphatic carboxylic acids is 1. The first kappa shape index (κ1) is 11.2. The van der Waals surface area contributed by atoms with Crippen molar-refractivity contribution in [3.63, 3.8) is 0 Å². The minimum atomic E-state index is -1.03. The number of benzene rings is 1. The largest absolute Gasteiger partial charge is 0.480 e. The number of hydrogen-bond acceptors (Lipinski definition) is 4. The maximum atomic E-state index is 11.6. The van der Waals surface area contributed by atoms with Gasteiger partial charge in [-0.05, 0) is 19.1 Å². The van der Waals surface area contributed by atoms with Crippen LogP contribution in [0, 0.1) is 0 Å². The number of carboxylic acid groups (broad SMARTS) is 1. The van der Waals surface area contributed by atoms with Gasteiger partial charge in [-0.25, -0.2) is 4.79 Å². The van der Waals surface area contributed by atoms with Gasteiger partial charge in [0.25, 0.3) is 0 Å². The summed E-state index contributed by atoms with van der Waals surface area (Å²) in [5, 5.41) is 12.1. The van der Waals surface area contributed by atoms with Crippen molar-refractivity contribution in [1.29, 1.82) is 0 Å². The Hall–Kier alpha value is -2.30. The van der Waals surface area contributed by atoms with Gasteiger partial charge in [0.15, 0.2) is 0 Å². The molecule has 1 atom stereocenters. The summed E-state index contributed by atoms with van der Waals surface area (Å²) in [4.78, 5) is 22.3. The molecule has 2 rings (SSSR count). The van der Waals surface area contributed by atoms with Gasteiger partial charge in [0.2, 0.25) is 0 Å². The Balaban J connectivity index is 2.44. The van der Waals surface area contributed by atoms with E-state index >= 15 is 0 Å². The van der Waals surface area contributed by atoms with E-state index in [1.165, 1.54) is 6.92 Å². The van der Waals surface area contributed by atoms with E-state index < -0.39 is 17.6 Å². The molecule has 0 aliphatic rings. The van der Waals surface area contributed by atoms with Gasteiger partial charge in [0.05, 0.1) is 0 Å². The Bertz CT molecular complexity index is 617. The van der Waals surface area contributed by atoms with E-state index in [-0.39, 0.29) is 5.69 Å². The third kappa shape index (κ3) is 2.28. The van der Waals surface area contributed by atoms with Crippen molar-refractivity contribution in [1.82, 2.24) is 0 Å². The second kappa shape index (κ2) is 4.29. The van der Waals surface area contributed by atoms with Gasteiger partial charge in [-0.15, -0.1) is 0 Å². The first-order valence-electron chi connectivity index (χ1n) is 5.10. The Kier molecular flexibility index (Phi) is 2.82. The van der Waals surface area contributed by atoms with Crippen LogP contribution in [0.4, 0.5) is 5.69 Å². The number of anilines is 1. The third-order valence-electron chi connectivity index (χ3n) is 2.38. The minimum Gasteiger partial charge on any atom is -0.480 e. The molecule has 2 N–H and O–H groups in total. The molecule has 0 aliphatic carbocycles. The number of fused-ring (bicyclic) bond motifs is 1. The predicted octanol–water partition coefficient (Wildman–Crippen LogP) is 1.68. The van der Waals surface area contributed by atoms with Crippen LogP contribution < -0.4 is 10.9 Å². The molecule has 0 spiro atoms. The normalized spacial score (nSPS) is 12.3. The summed E-state index contributed by atoms with van der Waals surface area (Å²) in [5.74, 6) is -1.03. The van der Waals surface area contributed by atoms with Crippen molar-refractivity contribution in [2.24, 2.45) is 0 Å². The molecular weight excluding hydrogens is 222 g/mol. The molecule has 0 aliphatic heterocycles. The van der Waals surface area contributed by atoms with Crippen LogP contribution in [-0.2, 0) is 4.79 Å². The molecule has 0 fully saturated rings. The number of carboxylic acids is 1. The van der Waals surface area contributed by atoms with Crippen molar-refractivity contribution >= 4 is 22.6 Å². The molecular formula is C12H11NO4. The van der Waals surface area contributed by atoms with Crippen LogP contribution >= 0.6 is 0 Å². The van der Waals surface area contributed by atoms with Crippen molar-refractivity contribution < 1.29 is 14.3 Å². The highest BCUT2D eigenvalue weighted by atomic mass is 16.4. The van der Waals surface area contributed by atoms with Crippen LogP contribution in [-0.4, -0.2) is 17.1 Å². The Morgan fingerprint density at radius 3 is 2.82 bits per heavy atom. The quantitative estimate of drug-likeness (QED) is 0.788. The highest BCUT2D eigenvalue weighted by Gasteiger charge is 2.13. The molecule has 0 saturated heterocycles. The summed E-state index contributed by atoms with van der Waals surface area (Å²) in [6.45, 7) is 1.46. The molecule has 1 heterocycles. The second-order valence-electron chi connectivity index (χ2n) is 3.69. The van der Waals surface area contributed by atoms with Crippen molar-refractivity contribution in [2.75, 3.05) is 5.32 Å². The van der Waals surface area contributed by atoms with Gasteiger partial charge in [-0.3, -0.25) is 4.79 Å². The fraction of sp³-hybridized carbons (Fsp3) is 0.167. The first-order chi connectivity index (χ1) is 8.08. The van der Waals surface area contributed by atoms with Crippen LogP contribution in [0.15, 0.2) is 39.5 Å². The highest BCUT2D eigenvalue weighted by Crippen LogP contribution is 2.15. The van der Waals surface area contributed by atoms with Crippen LogP contribution in [0.5, 0.6) is 0 Å². The van der Waals surface area contributed by atoms with Gasteiger partial charge in [-0.1, -0.05) is 18.2 Å². The summed E-state index contributed by atoms with van der Waals surface area (Å²) in [7, 11) is 0. The van der Waals surface area contributed by atoms with Crippen LogP contribution in [0.2, 0.25) is 0 Å². The molecule has 88 valence electrons. The molecule has 1 aromatic carbocycles. The van der Waals surface area contributed by atoms with Gasteiger partial charge in [0.1, 0.15) is 17.3 Å². The average Bonchev–Trinajstić information content (AvgIpc) is 2.29. The molecule has 17 heavy (non-hydrogen) atoms. The molecule has 0 bridgehead atoms. The van der Waals surface area contributed by atoms with E-state index in [1.807, 2.05) is 6.07 Å².